The van der Waals surface area contributed by atoms with E-state index in [1.807, 2.05) is 30.3 Å². The summed E-state index contributed by atoms with van der Waals surface area (Å²) in [7, 11) is 0. The van der Waals surface area contributed by atoms with Gasteiger partial charge in [0.05, 0.1) is 0 Å². The van der Waals surface area contributed by atoms with Gasteiger partial charge in [-0.15, -0.1) is 0 Å². The molecular formula is C13H11BrClNO. The first-order chi connectivity index (χ1) is 8.19. The maximum atomic E-state index is 5.81. The number of hydrogen-bond acceptors (Lipinski definition) is 2. The van der Waals surface area contributed by atoms with Crippen LogP contribution in [0.5, 0.6) is 11.5 Å². The number of hydrogen-bond donors (Lipinski definition) is 1. The van der Waals surface area contributed by atoms with Gasteiger partial charge in [-0.3, -0.25) is 0 Å². The predicted octanol–water partition coefficient (Wildman–Crippen LogP) is 4.35. The SMILES string of the molecule is NCc1cc(Br)ccc1Oc1ccc(Cl)cc1. The van der Waals surface area contributed by atoms with Crippen LogP contribution in [0, 0.1) is 0 Å². The summed E-state index contributed by atoms with van der Waals surface area (Å²) < 4.78 is 6.74. The molecule has 2 rings (SSSR count). The van der Waals surface area contributed by atoms with E-state index in [1.54, 1.807) is 12.1 Å². The summed E-state index contributed by atoms with van der Waals surface area (Å²) in [5.74, 6) is 1.50. The molecule has 0 unspecified atom stereocenters. The van der Waals surface area contributed by atoms with Crippen molar-refractivity contribution in [3.63, 3.8) is 0 Å². The summed E-state index contributed by atoms with van der Waals surface area (Å²) in [5.41, 5.74) is 6.63. The Hall–Kier alpha value is -1.03. The van der Waals surface area contributed by atoms with E-state index in [2.05, 4.69) is 15.9 Å². The number of ether oxygens (including phenoxy) is 1. The highest BCUT2D eigenvalue weighted by Gasteiger charge is 2.04. The van der Waals surface area contributed by atoms with Gasteiger partial charge in [0.25, 0.3) is 0 Å². The van der Waals surface area contributed by atoms with Crippen LogP contribution in [0.1, 0.15) is 5.56 Å². The van der Waals surface area contributed by atoms with Gasteiger partial charge < -0.3 is 10.5 Å². The van der Waals surface area contributed by atoms with Crippen LogP contribution in [0.4, 0.5) is 0 Å². The summed E-state index contributed by atoms with van der Waals surface area (Å²) in [6.45, 7) is 0.433. The molecule has 0 aliphatic heterocycles. The smallest absolute Gasteiger partial charge is 0.131 e. The third-order valence-electron chi connectivity index (χ3n) is 2.28. The molecule has 0 aliphatic carbocycles. The van der Waals surface area contributed by atoms with Gasteiger partial charge in [-0.1, -0.05) is 27.5 Å². The van der Waals surface area contributed by atoms with Crippen LogP contribution in [0.3, 0.4) is 0 Å². The lowest BCUT2D eigenvalue weighted by Crippen LogP contribution is -1.99. The number of benzene rings is 2. The molecule has 0 atom stereocenters. The maximum absolute atomic E-state index is 5.81. The highest BCUT2D eigenvalue weighted by molar-refractivity contribution is 9.10. The third-order valence-corrected chi connectivity index (χ3v) is 3.03. The van der Waals surface area contributed by atoms with Crippen molar-refractivity contribution < 1.29 is 4.74 Å². The lowest BCUT2D eigenvalue weighted by molar-refractivity contribution is 0.476. The van der Waals surface area contributed by atoms with Gasteiger partial charge in [0, 0.05) is 21.6 Å². The minimum absolute atomic E-state index is 0.433. The molecule has 0 amide bonds. The fourth-order valence-electron chi connectivity index (χ4n) is 1.44. The van der Waals surface area contributed by atoms with Crippen molar-refractivity contribution in [3.05, 3.63) is 57.5 Å². The van der Waals surface area contributed by atoms with Crippen molar-refractivity contribution in [1.82, 2.24) is 0 Å². The lowest BCUT2D eigenvalue weighted by Gasteiger charge is -2.10. The van der Waals surface area contributed by atoms with E-state index in [1.165, 1.54) is 0 Å². The minimum atomic E-state index is 0.433. The van der Waals surface area contributed by atoms with Gasteiger partial charge >= 0.3 is 0 Å². The molecule has 0 radical (unpaired) electrons. The number of nitrogens with two attached hydrogens (primary N) is 1. The zero-order valence-electron chi connectivity index (χ0n) is 8.99. The molecule has 0 aromatic heterocycles. The van der Waals surface area contributed by atoms with E-state index in [0.717, 1.165) is 21.5 Å². The van der Waals surface area contributed by atoms with Gasteiger partial charge in [0.1, 0.15) is 11.5 Å². The first-order valence-corrected chi connectivity index (χ1v) is 6.28. The minimum Gasteiger partial charge on any atom is -0.457 e. The van der Waals surface area contributed by atoms with Gasteiger partial charge in [-0.2, -0.15) is 0 Å². The quantitative estimate of drug-likeness (QED) is 0.914. The van der Waals surface area contributed by atoms with Crippen LogP contribution in [0.15, 0.2) is 46.9 Å². The monoisotopic (exact) mass is 311 g/mol. The fourth-order valence-corrected chi connectivity index (χ4v) is 1.97. The van der Waals surface area contributed by atoms with Crippen LogP contribution < -0.4 is 10.5 Å². The van der Waals surface area contributed by atoms with E-state index in [0.29, 0.717) is 11.6 Å². The lowest BCUT2D eigenvalue weighted by atomic mass is 10.2. The van der Waals surface area contributed by atoms with Crippen LogP contribution in [-0.2, 0) is 6.54 Å². The standard InChI is InChI=1S/C13H11BrClNO/c14-10-1-6-13(9(7-10)8-16)17-12-4-2-11(15)3-5-12/h1-7H,8,16H2. The normalized spacial score (nSPS) is 10.3. The highest BCUT2D eigenvalue weighted by Crippen LogP contribution is 2.28. The maximum Gasteiger partial charge on any atom is 0.131 e. The van der Waals surface area contributed by atoms with Crippen molar-refractivity contribution in [2.45, 2.75) is 6.54 Å². The van der Waals surface area contributed by atoms with Crippen LogP contribution in [0.25, 0.3) is 0 Å². The zero-order chi connectivity index (χ0) is 12.3. The van der Waals surface area contributed by atoms with E-state index < -0.39 is 0 Å². The average Bonchev–Trinajstić information content (AvgIpc) is 2.34. The Morgan fingerprint density at radius 1 is 1.12 bits per heavy atom. The molecule has 17 heavy (non-hydrogen) atoms. The Bertz CT molecular complexity index is 513. The van der Waals surface area contributed by atoms with E-state index in [-0.39, 0.29) is 0 Å². The fraction of sp³-hybridized carbons (Fsp3) is 0.0769. The second-order valence-electron chi connectivity index (χ2n) is 3.51. The van der Waals surface area contributed by atoms with Crippen LogP contribution in [-0.4, -0.2) is 0 Å². The third kappa shape index (κ3) is 3.22. The summed E-state index contributed by atoms with van der Waals surface area (Å²) in [5, 5.41) is 0.687. The molecule has 2 N–H and O–H groups in total. The molecule has 2 aromatic rings. The van der Waals surface area contributed by atoms with E-state index in [9.17, 15) is 0 Å². The first kappa shape index (κ1) is 12.4. The van der Waals surface area contributed by atoms with Crippen LogP contribution >= 0.6 is 27.5 Å². The molecular weight excluding hydrogens is 302 g/mol. The Labute approximate surface area is 113 Å². The van der Waals surface area contributed by atoms with Gasteiger partial charge in [-0.25, -0.2) is 0 Å². The summed E-state index contributed by atoms with van der Waals surface area (Å²) in [4.78, 5) is 0. The van der Waals surface area contributed by atoms with Crippen molar-refractivity contribution in [2.24, 2.45) is 5.73 Å². The topological polar surface area (TPSA) is 35.2 Å². The molecule has 88 valence electrons. The Morgan fingerprint density at radius 3 is 2.47 bits per heavy atom. The molecule has 0 spiro atoms. The Balaban J connectivity index is 2.26. The molecule has 0 heterocycles. The van der Waals surface area contributed by atoms with Crippen molar-refractivity contribution in [2.75, 3.05) is 0 Å². The summed E-state index contributed by atoms with van der Waals surface area (Å²) in [6.07, 6.45) is 0. The molecule has 2 nitrogen and oxygen atoms in total. The molecule has 0 bridgehead atoms. The molecule has 0 aliphatic rings. The second kappa shape index (κ2) is 5.54. The van der Waals surface area contributed by atoms with Crippen LogP contribution in [0.2, 0.25) is 5.02 Å². The molecule has 2 aromatic carbocycles. The van der Waals surface area contributed by atoms with Gasteiger partial charge in [0.2, 0.25) is 0 Å². The molecule has 0 saturated heterocycles. The highest BCUT2D eigenvalue weighted by atomic mass is 79.9. The summed E-state index contributed by atoms with van der Waals surface area (Å²) in [6, 6.07) is 13.0. The predicted molar refractivity (Wildman–Crippen MR) is 73.6 cm³/mol. The van der Waals surface area contributed by atoms with Crippen molar-refractivity contribution in [1.29, 1.82) is 0 Å². The van der Waals surface area contributed by atoms with Crippen molar-refractivity contribution in [3.8, 4) is 11.5 Å². The largest absolute Gasteiger partial charge is 0.457 e. The molecule has 4 heteroatoms. The first-order valence-electron chi connectivity index (χ1n) is 5.11. The molecule has 0 saturated carbocycles. The van der Waals surface area contributed by atoms with E-state index >= 15 is 0 Å². The summed E-state index contributed by atoms with van der Waals surface area (Å²) >= 11 is 9.22. The molecule has 0 fully saturated rings. The van der Waals surface area contributed by atoms with Gasteiger partial charge in [-0.05, 0) is 42.5 Å². The van der Waals surface area contributed by atoms with Crippen molar-refractivity contribution >= 4 is 27.5 Å². The number of halogens is 2. The second-order valence-corrected chi connectivity index (χ2v) is 4.86. The number of rotatable bonds is 3. The average molecular weight is 313 g/mol. The zero-order valence-corrected chi connectivity index (χ0v) is 11.3. The van der Waals surface area contributed by atoms with Gasteiger partial charge in [0.15, 0.2) is 0 Å². The Morgan fingerprint density at radius 2 is 1.82 bits per heavy atom. The van der Waals surface area contributed by atoms with E-state index in [4.69, 9.17) is 22.1 Å². The Kier molecular flexibility index (Phi) is 4.05.